The monoisotopic (exact) mass is 298 g/mol. The summed E-state index contributed by atoms with van der Waals surface area (Å²) in [5.41, 5.74) is 2.34. The fourth-order valence-corrected chi connectivity index (χ4v) is 3.18. The Balaban J connectivity index is 2.09. The zero-order valence-corrected chi connectivity index (χ0v) is 12.7. The van der Waals surface area contributed by atoms with Crippen molar-refractivity contribution in [3.63, 3.8) is 0 Å². The maximum absolute atomic E-state index is 12.3. The maximum atomic E-state index is 12.3. The van der Waals surface area contributed by atoms with E-state index in [4.69, 9.17) is 0 Å². The molecule has 110 valence electrons. The van der Waals surface area contributed by atoms with E-state index in [1.807, 2.05) is 25.1 Å². The number of ketones is 2. The number of rotatable bonds is 1. The first-order chi connectivity index (χ1) is 11.1. The van der Waals surface area contributed by atoms with Gasteiger partial charge in [-0.15, -0.1) is 0 Å². The first-order valence-electron chi connectivity index (χ1n) is 7.54. The fourth-order valence-electron chi connectivity index (χ4n) is 3.18. The second-order valence-corrected chi connectivity index (χ2v) is 5.84. The smallest absolute Gasteiger partial charge is 0.186 e. The van der Waals surface area contributed by atoms with E-state index in [0.717, 1.165) is 32.7 Å². The van der Waals surface area contributed by atoms with Crippen LogP contribution in [0.1, 0.15) is 11.1 Å². The zero-order chi connectivity index (χ0) is 16.0. The molecule has 0 heterocycles. The van der Waals surface area contributed by atoms with Crippen molar-refractivity contribution < 1.29 is 9.59 Å². The second-order valence-electron chi connectivity index (χ2n) is 5.84. The highest BCUT2D eigenvalue weighted by molar-refractivity contribution is 6.36. The number of aryl methyl sites for hydroxylation is 1. The fraction of sp³-hybridized carbons (Fsp3) is 0.0476. The predicted octanol–water partition coefficient (Wildman–Crippen LogP) is 4.39. The third-order valence-electron chi connectivity index (χ3n) is 4.31. The lowest BCUT2D eigenvalue weighted by atomic mass is 9.88. The average molecular weight is 298 g/mol. The van der Waals surface area contributed by atoms with Crippen molar-refractivity contribution in [2.24, 2.45) is 0 Å². The van der Waals surface area contributed by atoms with E-state index in [-0.39, 0.29) is 11.6 Å². The van der Waals surface area contributed by atoms with Crippen LogP contribution in [0.5, 0.6) is 0 Å². The first kappa shape index (κ1) is 13.6. The van der Waals surface area contributed by atoms with Gasteiger partial charge in [0.1, 0.15) is 0 Å². The third kappa shape index (κ3) is 2.20. The van der Waals surface area contributed by atoms with Gasteiger partial charge in [0.25, 0.3) is 0 Å². The van der Waals surface area contributed by atoms with Crippen molar-refractivity contribution in [2.45, 2.75) is 6.92 Å². The molecule has 1 aliphatic carbocycles. The van der Waals surface area contributed by atoms with Crippen molar-refractivity contribution in [2.75, 3.05) is 0 Å². The van der Waals surface area contributed by atoms with Gasteiger partial charge in [-0.1, -0.05) is 36.4 Å². The zero-order valence-electron chi connectivity index (χ0n) is 12.7. The SMILES string of the molecule is Cc1ccc2cc3ccccc3cc2c1C1=CC(=O)C=CC1=O. The van der Waals surface area contributed by atoms with Crippen LogP contribution in [0.4, 0.5) is 0 Å². The molecular weight excluding hydrogens is 284 g/mol. The topological polar surface area (TPSA) is 34.1 Å². The number of allylic oxidation sites excluding steroid dienone is 4. The molecule has 0 spiro atoms. The number of hydrogen-bond donors (Lipinski definition) is 0. The summed E-state index contributed by atoms with van der Waals surface area (Å²) in [4.78, 5) is 24.0. The Morgan fingerprint density at radius 2 is 1.52 bits per heavy atom. The molecule has 4 rings (SSSR count). The van der Waals surface area contributed by atoms with E-state index in [1.165, 1.54) is 18.2 Å². The molecule has 2 nitrogen and oxygen atoms in total. The molecule has 0 aromatic heterocycles. The van der Waals surface area contributed by atoms with E-state index >= 15 is 0 Å². The van der Waals surface area contributed by atoms with Gasteiger partial charge < -0.3 is 0 Å². The van der Waals surface area contributed by atoms with Crippen LogP contribution in [-0.4, -0.2) is 11.6 Å². The van der Waals surface area contributed by atoms with Gasteiger partial charge in [-0.25, -0.2) is 0 Å². The first-order valence-corrected chi connectivity index (χ1v) is 7.54. The molecule has 0 unspecified atom stereocenters. The Labute approximate surface area is 133 Å². The Morgan fingerprint density at radius 3 is 2.30 bits per heavy atom. The van der Waals surface area contributed by atoms with Crippen molar-refractivity contribution in [1.82, 2.24) is 0 Å². The van der Waals surface area contributed by atoms with Crippen LogP contribution in [-0.2, 0) is 9.59 Å². The van der Waals surface area contributed by atoms with Crippen molar-refractivity contribution in [3.05, 3.63) is 77.9 Å². The minimum atomic E-state index is -0.142. The molecule has 1 aliphatic rings. The van der Waals surface area contributed by atoms with Crippen LogP contribution >= 0.6 is 0 Å². The van der Waals surface area contributed by atoms with Gasteiger partial charge in [0.05, 0.1) is 0 Å². The lowest BCUT2D eigenvalue weighted by molar-refractivity contribution is -0.113. The lowest BCUT2D eigenvalue weighted by Crippen LogP contribution is -2.08. The van der Waals surface area contributed by atoms with Crippen molar-refractivity contribution >= 4 is 38.7 Å². The molecule has 0 fully saturated rings. The number of hydrogen-bond acceptors (Lipinski definition) is 2. The summed E-state index contributed by atoms with van der Waals surface area (Å²) in [7, 11) is 0. The molecule has 0 saturated heterocycles. The van der Waals surface area contributed by atoms with Crippen LogP contribution in [0.2, 0.25) is 0 Å². The Bertz CT molecular complexity index is 1050. The molecule has 3 aromatic carbocycles. The van der Waals surface area contributed by atoms with Crippen molar-refractivity contribution in [1.29, 1.82) is 0 Å². The summed E-state index contributed by atoms with van der Waals surface area (Å²) in [6.45, 7) is 1.97. The second kappa shape index (κ2) is 5.03. The average Bonchev–Trinajstić information content (AvgIpc) is 2.56. The summed E-state index contributed by atoms with van der Waals surface area (Å²) < 4.78 is 0. The standard InChI is InChI=1S/C21H14O2/c1-13-6-7-16-10-14-4-2-3-5-15(14)11-18(16)21(13)19-12-17(22)8-9-20(19)23/h2-12H,1H3. The number of carbonyl (C=O) groups is 2. The normalized spacial score (nSPS) is 14.6. The minimum absolute atomic E-state index is 0.117. The van der Waals surface area contributed by atoms with Gasteiger partial charge in [0.15, 0.2) is 11.6 Å². The van der Waals surface area contributed by atoms with E-state index in [1.54, 1.807) is 0 Å². The molecule has 0 radical (unpaired) electrons. The van der Waals surface area contributed by atoms with Gasteiger partial charge in [0.2, 0.25) is 0 Å². The number of carbonyl (C=O) groups excluding carboxylic acids is 2. The molecule has 2 heteroatoms. The summed E-state index contributed by atoms with van der Waals surface area (Å²) >= 11 is 0. The molecule has 0 saturated carbocycles. The molecule has 0 N–H and O–H groups in total. The third-order valence-corrected chi connectivity index (χ3v) is 4.31. The predicted molar refractivity (Wildman–Crippen MR) is 93.3 cm³/mol. The Kier molecular flexibility index (Phi) is 2.98. The van der Waals surface area contributed by atoms with Gasteiger partial charge in [-0.2, -0.15) is 0 Å². The van der Waals surface area contributed by atoms with E-state index in [0.29, 0.717) is 5.57 Å². The summed E-state index contributed by atoms with van der Waals surface area (Å²) in [5, 5.41) is 4.36. The van der Waals surface area contributed by atoms with Crippen LogP contribution in [0.15, 0.2) is 66.8 Å². The van der Waals surface area contributed by atoms with Crippen molar-refractivity contribution in [3.8, 4) is 0 Å². The maximum Gasteiger partial charge on any atom is 0.186 e. The highest BCUT2D eigenvalue weighted by atomic mass is 16.1. The number of benzene rings is 3. The highest BCUT2D eigenvalue weighted by Gasteiger charge is 2.19. The van der Waals surface area contributed by atoms with Crippen LogP contribution < -0.4 is 0 Å². The molecule has 0 amide bonds. The van der Waals surface area contributed by atoms with Crippen LogP contribution in [0, 0.1) is 6.92 Å². The molecule has 23 heavy (non-hydrogen) atoms. The summed E-state index contributed by atoms with van der Waals surface area (Å²) in [5.74, 6) is -0.259. The molecular formula is C21H14O2. The molecule has 0 aliphatic heterocycles. The number of fused-ring (bicyclic) bond motifs is 2. The molecule has 0 bridgehead atoms. The van der Waals surface area contributed by atoms with Gasteiger partial charge in [-0.05, 0) is 70.0 Å². The largest absolute Gasteiger partial charge is 0.290 e. The minimum Gasteiger partial charge on any atom is -0.290 e. The highest BCUT2D eigenvalue weighted by Crippen LogP contribution is 2.33. The van der Waals surface area contributed by atoms with Gasteiger partial charge >= 0.3 is 0 Å². The Morgan fingerprint density at radius 1 is 0.783 bits per heavy atom. The lowest BCUT2D eigenvalue weighted by Gasteiger charge is -2.14. The van der Waals surface area contributed by atoms with Crippen LogP contribution in [0.25, 0.3) is 27.1 Å². The van der Waals surface area contributed by atoms with E-state index < -0.39 is 0 Å². The van der Waals surface area contributed by atoms with E-state index in [9.17, 15) is 9.59 Å². The van der Waals surface area contributed by atoms with Gasteiger partial charge in [-0.3, -0.25) is 9.59 Å². The van der Waals surface area contributed by atoms with Crippen LogP contribution in [0.3, 0.4) is 0 Å². The van der Waals surface area contributed by atoms with E-state index in [2.05, 4.69) is 30.3 Å². The Hall–Kier alpha value is -3.00. The molecule has 0 atom stereocenters. The quantitative estimate of drug-likeness (QED) is 0.493. The summed E-state index contributed by atoms with van der Waals surface area (Å²) in [6, 6.07) is 16.4. The van der Waals surface area contributed by atoms with Gasteiger partial charge in [0, 0.05) is 5.57 Å². The molecule has 3 aromatic rings. The summed E-state index contributed by atoms with van der Waals surface area (Å²) in [6.07, 6.45) is 4.12.